The molecule has 2 bridgehead atoms. The van der Waals surface area contributed by atoms with Crippen molar-refractivity contribution in [1.82, 2.24) is 0 Å². The molecule has 0 radical (unpaired) electrons. The highest BCUT2D eigenvalue weighted by atomic mass is 15.1. The van der Waals surface area contributed by atoms with Crippen molar-refractivity contribution in [1.29, 1.82) is 0 Å². The van der Waals surface area contributed by atoms with Gasteiger partial charge >= 0.3 is 0 Å². The summed E-state index contributed by atoms with van der Waals surface area (Å²) in [6.07, 6.45) is 5.60. The first-order valence-electron chi connectivity index (χ1n) is 24.3. The second-order valence-corrected chi connectivity index (χ2v) is 20.8. The Hall–Kier alpha value is -6.96. The Morgan fingerprint density at radius 2 is 1.03 bits per heavy atom. The third kappa shape index (κ3) is 5.98. The van der Waals surface area contributed by atoms with Crippen LogP contribution in [0.2, 0.25) is 0 Å². The summed E-state index contributed by atoms with van der Waals surface area (Å²) in [6.45, 7) is 9.65. The molecule has 0 aromatic heterocycles. The van der Waals surface area contributed by atoms with Crippen molar-refractivity contribution in [3.63, 3.8) is 0 Å². The lowest BCUT2D eigenvalue weighted by atomic mass is 9.77. The Bertz CT molecular complexity index is 3370. The number of fused-ring (bicyclic) bond motifs is 9. The highest BCUT2D eigenvalue weighted by Gasteiger charge is 2.41. The van der Waals surface area contributed by atoms with E-state index in [1.165, 1.54) is 131 Å². The lowest BCUT2D eigenvalue weighted by molar-refractivity contribution is 0.420. The Morgan fingerprint density at radius 1 is 0.409 bits per heavy atom. The van der Waals surface area contributed by atoms with Crippen LogP contribution in [0.5, 0.6) is 0 Å². The fourth-order valence-corrected chi connectivity index (χ4v) is 13.3. The summed E-state index contributed by atoms with van der Waals surface area (Å²) in [4.78, 5) is 2.49. The normalized spacial score (nSPS) is 19.1. The van der Waals surface area contributed by atoms with Gasteiger partial charge in [-0.25, -0.2) is 0 Å². The molecule has 1 nitrogen and oxygen atoms in total. The van der Waals surface area contributed by atoms with Gasteiger partial charge in [-0.2, -0.15) is 0 Å². The number of anilines is 3. The summed E-state index contributed by atoms with van der Waals surface area (Å²) >= 11 is 0. The third-order valence-electron chi connectivity index (χ3n) is 16.6. The van der Waals surface area contributed by atoms with Crippen molar-refractivity contribution in [3.8, 4) is 55.6 Å². The number of benzene rings is 9. The van der Waals surface area contributed by atoms with E-state index in [1.807, 2.05) is 0 Å². The smallest absolute Gasteiger partial charge is 0.0465 e. The topological polar surface area (TPSA) is 3.24 Å². The molecular formula is C65H55N. The summed E-state index contributed by atoms with van der Waals surface area (Å²) in [5.74, 6) is 2.48. The first kappa shape index (κ1) is 39.4. The highest BCUT2D eigenvalue weighted by Crippen LogP contribution is 2.56. The van der Waals surface area contributed by atoms with Crippen LogP contribution >= 0.6 is 0 Å². The van der Waals surface area contributed by atoms with Gasteiger partial charge in [-0.05, 0) is 174 Å². The molecule has 0 saturated heterocycles. The molecule has 66 heavy (non-hydrogen) atoms. The molecular weight excluding hydrogens is 795 g/mol. The van der Waals surface area contributed by atoms with E-state index in [2.05, 4.69) is 227 Å². The Kier molecular flexibility index (Phi) is 8.82. The molecule has 0 spiro atoms. The van der Waals surface area contributed by atoms with Gasteiger partial charge in [0.2, 0.25) is 0 Å². The molecule has 0 amide bonds. The minimum absolute atomic E-state index is 0.0521. The van der Waals surface area contributed by atoms with Gasteiger partial charge in [0.05, 0.1) is 0 Å². The van der Waals surface area contributed by atoms with E-state index in [-0.39, 0.29) is 10.8 Å². The van der Waals surface area contributed by atoms with Crippen molar-refractivity contribution < 1.29 is 0 Å². The van der Waals surface area contributed by atoms with Crippen LogP contribution in [0.15, 0.2) is 194 Å². The van der Waals surface area contributed by atoms with E-state index in [9.17, 15) is 0 Å². The molecule has 4 aliphatic rings. The van der Waals surface area contributed by atoms with E-state index in [4.69, 9.17) is 0 Å². The van der Waals surface area contributed by atoms with Crippen molar-refractivity contribution in [2.75, 3.05) is 4.90 Å². The van der Waals surface area contributed by atoms with Gasteiger partial charge in [0, 0.05) is 27.9 Å². The lowest BCUT2D eigenvalue weighted by Gasteiger charge is -2.29. The van der Waals surface area contributed by atoms with Crippen LogP contribution in [0, 0.1) is 11.8 Å². The van der Waals surface area contributed by atoms with E-state index in [0.29, 0.717) is 5.92 Å². The van der Waals surface area contributed by atoms with Gasteiger partial charge in [-0.15, -0.1) is 0 Å². The lowest BCUT2D eigenvalue weighted by Crippen LogP contribution is -2.18. The van der Waals surface area contributed by atoms with Crippen molar-refractivity contribution in [2.45, 2.75) is 70.1 Å². The van der Waals surface area contributed by atoms with Gasteiger partial charge in [0.25, 0.3) is 0 Å². The Balaban J connectivity index is 0.909. The molecule has 0 aliphatic heterocycles. The van der Waals surface area contributed by atoms with Gasteiger partial charge in [-0.3, -0.25) is 0 Å². The van der Waals surface area contributed by atoms with E-state index < -0.39 is 0 Å². The SMILES string of the molecule is CC1(C)c2ccccc2-c2ccc(-c3cccc4c3C(C)(C)c3cc(N(c5ccc(-c6ccc7ccccc7c6-c6ccccc6)cc5)c5ccc(C6CC7CCC6C7)cc5)ccc3-4)cc21. The maximum absolute atomic E-state index is 2.50. The summed E-state index contributed by atoms with van der Waals surface area (Å²) < 4.78 is 0. The average molecular weight is 850 g/mol. The fourth-order valence-electron chi connectivity index (χ4n) is 13.3. The van der Waals surface area contributed by atoms with Crippen molar-refractivity contribution in [3.05, 3.63) is 222 Å². The molecule has 13 rings (SSSR count). The zero-order valence-electron chi connectivity index (χ0n) is 38.5. The second kappa shape index (κ2) is 14.8. The zero-order valence-corrected chi connectivity index (χ0v) is 38.5. The van der Waals surface area contributed by atoms with Crippen molar-refractivity contribution in [2.24, 2.45) is 11.8 Å². The number of rotatable bonds is 7. The van der Waals surface area contributed by atoms with E-state index >= 15 is 0 Å². The van der Waals surface area contributed by atoms with Crippen LogP contribution in [-0.4, -0.2) is 0 Å². The summed E-state index contributed by atoms with van der Waals surface area (Å²) in [7, 11) is 0. The maximum atomic E-state index is 2.50. The molecule has 1 heteroatoms. The third-order valence-corrected chi connectivity index (χ3v) is 16.6. The first-order valence-corrected chi connectivity index (χ1v) is 24.3. The second-order valence-electron chi connectivity index (χ2n) is 20.8. The summed E-state index contributed by atoms with van der Waals surface area (Å²) in [5, 5.41) is 2.53. The quantitative estimate of drug-likeness (QED) is 0.154. The molecule has 0 N–H and O–H groups in total. The number of hydrogen-bond donors (Lipinski definition) is 0. The monoisotopic (exact) mass is 849 g/mol. The highest BCUT2D eigenvalue weighted by molar-refractivity contribution is 6.04. The van der Waals surface area contributed by atoms with Crippen LogP contribution in [-0.2, 0) is 10.8 Å². The Labute approximate surface area is 390 Å². The zero-order chi connectivity index (χ0) is 44.3. The summed E-state index contributed by atoms with van der Waals surface area (Å²) in [5.41, 5.74) is 23.4. The van der Waals surface area contributed by atoms with Crippen LogP contribution < -0.4 is 4.90 Å². The molecule has 0 heterocycles. The van der Waals surface area contributed by atoms with Gasteiger partial charge in [0.15, 0.2) is 0 Å². The summed E-state index contributed by atoms with van der Waals surface area (Å²) in [6, 6.07) is 73.7. The number of nitrogens with zero attached hydrogens (tertiary/aromatic N) is 1. The average Bonchev–Trinajstić information content (AvgIpc) is 4.11. The minimum atomic E-state index is -0.222. The molecule has 3 atom stereocenters. The molecule has 2 saturated carbocycles. The van der Waals surface area contributed by atoms with Gasteiger partial charge in [0.1, 0.15) is 0 Å². The predicted molar refractivity (Wildman–Crippen MR) is 278 cm³/mol. The maximum Gasteiger partial charge on any atom is 0.0465 e. The van der Waals surface area contributed by atoms with Crippen LogP contribution in [0.25, 0.3) is 66.4 Å². The molecule has 2 fully saturated rings. The minimum Gasteiger partial charge on any atom is -0.310 e. The Morgan fingerprint density at radius 3 is 1.82 bits per heavy atom. The predicted octanol–water partition coefficient (Wildman–Crippen LogP) is 17.8. The van der Waals surface area contributed by atoms with Crippen LogP contribution in [0.1, 0.15) is 87.1 Å². The van der Waals surface area contributed by atoms with E-state index in [1.54, 1.807) is 0 Å². The number of hydrogen-bond acceptors (Lipinski definition) is 1. The van der Waals surface area contributed by atoms with Crippen LogP contribution in [0.3, 0.4) is 0 Å². The molecule has 9 aromatic carbocycles. The molecule has 320 valence electrons. The van der Waals surface area contributed by atoms with Gasteiger partial charge < -0.3 is 4.90 Å². The molecule has 4 aliphatic carbocycles. The fraction of sp³-hybridized carbons (Fsp3) is 0.200. The first-order chi connectivity index (χ1) is 32.2. The molecule has 9 aromatic rings. The van der Waals surface area contributed by atoms with E-state index in [0.717, 1.165) is 17.5 Å². The standard InChI is InChI=1S/C65H55N/c1-64(2)59-20-11-10-17-54(59)55-35-28-47(39-60(55)64)53-18-12-19-57-56-36-33-50(40-61(56)65(3,4)63(53)57)66(49-31-25-44(26-32-49)58-38-41-21-22-46(58)37-41)48-29-23-43(24-30-48)52-34-27-42-13-8-9-16-51(42)62(52)45-14-6-5-7-15-45/h5-20,23-36,39-41,46,58H,21-22,37-38H2,1-4H3. The van der Waals surface area contributed by atoms with Crippen LogP contribution in [0.4, 0.5) is 17.1 Å². The largest absolute Gasteiger partial charge is 0.310 e. The van der Waals surface area contributed by atoms with Gasteiger partial charge in [-0.1, -0.05) is 186 Å². The molecule has 3 unspecified atom stereocenters. The van der Waals surface area contributed by atoms with Crippen molar-refractivity contribution >= 4 is 27.8 Å².